The Labute approximate surface area is 141 Å². The molecule has 1 saturated carbocycles. The quantitative estimate of drug-likeness (QED) is 0.900. The van der Waals surface area contributed by atoms with Gasteiger partial charge in [-0.3, -0.25) is 9.59 Å². The standard InChI is InChI=1S/C19H24FNO3/c20-16-5-2-1-4-15(16)12-14-6-10-21(11-7-14)17(22)13-19(18(23)24)8-3-9-19/h1-2,4-5,14H,3,6-13H2,(H,23,24). The molecule has 24 heavy (non-hydrogen) atoms. The lowest BCUT2D eigenvalue weighted by Crippen LogP contribution is -2.46. The molecule has 130 valence electrons. The average molecular weight is 333 g/mol. The molecule has 0 atom stereocenters. The van der Waals surface area contributed by atoms with Gasteiger partial charge in [0.25, 0.3) is 0 Å². The molecule has 1 heterocycles. The minimum absolute atomic E-state index is 0.0403. The molecule has 1 aliphatic carbocycles. The summed E-state index contributed by atoms with van der Waals surface area (Å²) < 4.78 is 13.7. The van der Waals surface area contributed by atoms with E-state index in [0.29, 0.717) is 38.3 Å². The second kappa shape index (κ2) is 6.91. The van der Waals surface area contributed by atoms with Gasteiger partial charge in [-0.05, 0) is 49.7 Å². The molecule has 1 aromatic carbocycles. The Morgan fingerprint density at radius 1 is 1.21 bits per heavy atom. The van der Waals surface area contributed by atoms with Crippen molar-refractivity contribution in [2.75, 3.05) is 13.1 Å². The predicted octanol–water partition coefficient (Wildman–Crippen LogP) is 3.25. The molecule has 1 saturated heterocycles. The molecule has 4 nitrogen and oxygen atoms in total. The average Bonchev–Trinajstić information content (AvgIpc) is 2.53. The van der Waals surface area contributed by atoms with Crippen LogP contribution in [0.1, 0.15) is 44.1 Å². The minimum atomic E-state index is -0.837. The lowest BCUT2D eigenvalue weighted by Gasteiger charge is -2.40. The Hall–Kier alpha value is -1.91. The van der Waals surface area contributed by atoms with Crippen LogP contribution in [0.5, 0.6) is 0 Å². The van der Waals surface area contributed by atoms with Gasteiger partial charge in [-0.15, -0.1) is 0 Å². The Morgan fingerprint density at radius 3 is 2.42 bits per heavy atom. The van der Waals surface area contributed by atoms with Gasteiger partial charge in [-0.25, -0.2) is 4.39 Å². The van der Waals surface area contributed by atoms with Gasteiger partial charge in [0.2, 0.25) is 5.91 Å². The number of hydrogen-bond acceptors (Lipinski definition) is 2. The number of carboxylic acid groups (broad SMARTS) is 1. The molecule has 1 aromatic rings. The van der Waals surface area contributed by atoms with Gasteiger partial charge in [-0.2, -0.15) is 0 Å². The van der Waals surface area contributed by atoms with Crippen molar-refractivity contribution >= 4 is 11.9 Å². The second-order valence-corrected chi connectivity index (χ2v) is 7.24. The SMILES string of the molecule is O=C(CC1(C(=O)O)CCC1)N1CCC(Cc2ccccc2F)CC1. The molecule has 1 amide bonds. The summed E-state index contributed by atoms with van der Waals surface area (Å²) in [4.78, 5) is 25.6. The van der Waals surface area contributed by atoms with Crippen LogP contribution in [0.3, 0.4) is 0 Å². The Balaban J connectivity index is 1.51. The normalized spacial score (nSPS) is 20.5. The first-order chi connectivity index (χ1) is 11.5. The Kier molecular flexibility index (Phi) is 4.88. The fraction of sp³-hybridized carbons (Fsp3) is 0.579. The number of benzene rings is 1. The Bertz CT molecular complexity index is 619. The molecule has 2 aliphatic rings. The van der Waals surface area contributed by atoms with Gasteiger partial charge in [-0.1, -0.05) is 24.6 Å². The highest BCUT2D eigenvalue weighted by Crippen LogP contribution is 2.44. The molecule has 2 fully saturated rings. The number of carboxylic acids is 1. The lowest BCUT2D eigenvalue weighted by atomic mass is 9.66. The molecular weight excluding hydrogens is 309 g/mol. The van der Waals surface area contributed by atoms with Gasteiger partial charge in [0.1, 0.15) is 5.82 Å². The van der Waals surface area contributed by atoms with Crippen LogP contribution in [-0.4, -0.2) is 35.0 Å². The molecule has 5 heteroatoms. The summed E-state index contributed by atoms with van der Waals surface area (Å²) in [7, 11) is 0. The summed E-state index contributed by atoms with van der Waals surface area (Å²) >= 11 is 0. The largest absolute Gasteiger partial charge is 0.481 e. The fourth-order valence-corrected chi connectivity index (χ4v) is 3.83. The van der Waals surface area contributed by atoms with Crippen LogP contribution in [0.15, 0.2) is 24.3 Å². The van der Waals surface area contributed by atoms with Crippen LogP contribution in [0, 0.1) is 17.2 Å². The van der Waals surface area contributed by atoms with E-state index in [4.69, 9.17) is 0 Å². The first kappa shape index (κ1) is 16.9. The topological polar surface area (TPSA) is 57.6 Å². The highest BCUT2D eigenvalue weighted by atomic mass is 19.1. The molecule has 0 unspecified atom stereocenters. The summed E-state index contributed by atoms with van der Waals surface area (Å²) in [5, 5.41) is 9.36. The maximum atomic E-state index is 13.7. The minimum Gasteiger partial charge on any atom is -0.481 e. The number of carbonyl (C=O) groups excluding carboxylic acids is 1. The Morgan fingerprint density at radius 2 is 1.88 bits per heavy atom. The van der Waals surface area contributed by atoms with E-state index in [-0.39, 0.29) is 18.1 Å². The van der Waals surface area contributed by atoms with Crippen molar-refractivity contribution in [2.24, 2.45) is 11.3 Å². The van der Waals surface area contributed by atoms with Crippen molar-refractivity contribution in [3.05, 3.63) is 35.6 Å². The third-order valence-corrected chi connectivity index (χ3v) is 5.69. The number of rotatable bonds is 5. The first-order valence-electron chi connectivity index (χ1n) is 8.75. The second-order valence-electron chi connectivity index (χ2n) is 7.24. The molecular formula is C19H24FNO3. The van der Waals surface area contributed by atoms with Crippen LogP contribution in [-0.2, 0) is 16.0 Å². The number of hydrogen-bond donors (Lipinski definition) is 1. The molecule has 0 spiro atoms. The monoisotopic (exact) mass is 333 g/mol. The molecule has 0 radical (unpaired) electrons. The number of likely N-dealkylation sites (tertiary alicyclic amines) is 1. The van der Waals surface area contributed by atoms with E-state index in [2.05, 4.69) is 0 Å². The number of halogens is 1. The molecule has 0 bridgehead atoms. The zero-order valence-corrected chi connectivity index (χ0v) is 13.8. The molecule has 1 N–H and O–H groups in total. The molecule has 1 aliphatic heterocycles. The maximum absolute atomic E-state index is 13.7. The van der Waals surface area contributed by atoms with Crippen molar-refractivity contribution in [1.29, 1.82) is 0 Å². The number of aliphatic carboxylic acids is 1. The van der Waals surface area contributed by atoms with Crippen molar-refractivity contribution in [3.63, 3.8) is 0 Å². The van der Waals surface area contributed by atoms with E-state index in [1.807, 2.05) is 12.1 Å². The van der Waals surface area contributed by atoms with Crippen molar-refractivity contribution in [2.45, 2.75) is 44.9 Å². The van der Waals surface area contributed by atoms with Gasteiger partial charge in [0.15, 0.2) is 0 Å². The van der Waals surface area contributed by atoms with E-state index in [9.17, 15) is 19.1 Å². The van der Waals surface area contributed by atoms with E-state index in [0.717, 1.165) is 24.8 Å². The number of nitrogens with zero attached hydrogens (tertiary/aromatic N) is 1. The van der Waals surface area contributed by atoms with Crippen LogP contribution in [0.25, 0.3) is 0 Å². The van der Waals surface area contributed by atoms with E-state index < -0.39 is 11.4 Å². The maximum Gasteiger partial charge on any atom is 0.310 e. The number of amides is 1. The summed E-state index contributed by atoms with van der Waals surface area (Å²) in [5.74, 6) is -0.662. The van der Waals surface area contributed by atoms with E-state index in [1.54, 1.807) is 11.0 Å². The van der Waals surface area contributed by atoms with Gasteiger partial charge >= 0.3 is 5.97 Å². The van der Waals surface area contributed by atoms with Gasteiger partial charge in [0.05, 0.1) is 5.41 Å². The van der Waals surface area contributed by atoms with Crippen molar-refractivity contribution < 1.29 is 19.1 Å². The summed E-state index contributed by atoms with van der Waals surface area (Å²) in [6.45, 7) is 1.29. The summed E-state index contributed by atoms with van der Waals surface area (Å²) in [5.41, 5.74) is -0.0808. The smallest absolute Gasteiger partial charge is 0.310 e. The number of carbonyl (C=O) groups is 2. The lowest BCUT2D eigenvalue weighted by molar-refractivity contribution is -0.159. The van der Waals surface area contributed by atoms with Crippen LogP contribution >= 0.6 is 0 Å². The predicted molar refractivity (Wildman–Crippen MR) is 87.9 cm³/mol. The van der Waals surface area contributed by atoms with E-state index >= 15 is 0 Å². The third kappa shape index (κ3) is 3.45. The van der Waals surface area contributed by atoms with E-state index in [1.165, 1.54) is 6.07 Å². The third-order valence-electron chi connectivity index (χ3n) is 5.69. The van der Waals surface area contributed by atoms with Crippen LogP contribution in [0.2, 0.25) is 0 Å². The van der Waals surface area contributed by atoms with Gasteiger partial charge in [0, 0.05) is 19.5 Å². The zero-order valence-electron chi connectivity index (χ0n) is 13.8. The zero-order chi connectivity index (χ0) is 17.2. The van der Waals surface area contributed by atoms with Crippen LogP contribution in [0.4, 0.5) is 4.39 Å². The number of piperidine rings is 1. The first-order valence-corrected chi connectivity index (χ1v) is 8.75. The fourth-order valence-electron chi connectivity index (χ4n) is 3.83. The molecule has 3 rings (SSSR count). The summed E-state index contributed by atoms with van der Waals surface area (Å²) in [6.07, 6.45) is 4.63. The van der Waals surface area contributed by atoms with Crippen LogP contribution < -0.4 is 0 Å². The highest BCUT2D eigenvalue weighted by molar-refractivity contribution is 5.85. The van der Waals surface area contributed by atoms with Crippen molar-refractivity contribution in [3.8, 4) is 0 Å². The molecule has 0 aromatic heterocycles. The summed E-state index contributed by atoms with van der Waals surface area (Å²) in [6, 6.07) is 6.85. The van der Waals surface area contributed by atoms with Gasteiger partial charge < -0.3 is 10.0 Å². The highest BCUT2D eigenvalue weighted by Gasteiger charge is 2.46. The van der Waals surface area contributed by atoms with Crippen molar-refractivity contribution in [1.82, 2.24) is 4.90 Å².